The Bertz CT molecular complexity index is 640. The van der Waals surface area contributed by atoms with Crippen LogP contribution in [0.5, 0.6) is 11.5 Å². The highest BCUT2D eigenvalue weighted by atomic mass is 79.9. The van der Waals surface area contributed by atoms with Crippen molar-refractivity contribution in [2.45, 2.75) is 19.8 Å². The summed E-state index contributed by atoms with van der Waals surface area (Å²) in [4.78, 5) is 0.314. The monoisotopic (exact) mass is 349 g/mol. The molecule has 0 aliphatic carbocycles. The van der Waals surface area contributed by atoms with Gasteiger partial charge in [0.25, 0.3) is 0 Å². The highest BCUT2D eigenvalue weighted by Crippen LogP contribution is 2.34. The SMILES string of the molecule is CC(C)c1ccccc1Oc1cccc(Br)c1C(N)=S. The predicted octanol–water partition coefficient (Wildman–Crippen LogP) is 5.00. The zero-order chi connectivity index (χ0) is 14.7. The van der Waals surface area contributed by atoms with Gasteiger partial charge in [-0.05, 0) is 45.6 Å². The van der Waals surface area contributed by atoms with E-state index in [-0.39, 0.29) is 0 Å². The molecule has 0 aliphatic rings. The van der Waals surface area contributed by atoms with E-state index in [1.165, 1.54) is 0 Å². The largest absolute Gasteiger partial charge is 0.456 e. The van der Waals surface area contributed by atoms with Crippen molar-refractivity contribution in [3.8, 4) is 11.5 Å². The first kappa shape index (κ1) is 15.0. The van der Waals surface area contributed by atoms with Gasteiger partial charge in [0.2, 0.25) is 0 Å². The molecule has 104 valence electrons. The molecule has 0 radical (unpaired) electrons. The fraction of sp³-hybridized carbons (Fsp3) is 0.188. The van der Waals surface area contributed by atoms with Crippen LogP contribution in [0, 0.1) is 0 Å². The maximum atomic E-state index is 6.05. The van der Waals surface area contributed by atoms with Gasteiger partial charge in [-0.15, -0.1) is 0 Å². The van der Waals surface area contributed by atoms with Gasteiger partial charge in [0, 0.05) is 4.47 Å². The van der Waals surface area contributed by atoms with Gasteiger partial charge in [-0.3, -0.25) is 0 Å². The molecule has 0 spiro atoms. The maximum absolute atomic E-state index is 6.05. The van der Waals surface area contributed by atoms with Crippen molar-refractivity contribution in [2.24, 2.45) is 5.73 Å². The number of rotatable bonds is 4. The fourth-order valence-corrected chi connectivity index (χ4v) is 2.90. The second-order valence-corrected chi connectivity index (χ2v) is 6.07. The molecule has 0 saturated carbocycles. The van der Waals surface area contributed by atoms with E-state index in [0.717, 1.165) is 21.3 Å². The van der Waals surface area contributed by atoms with E-state index in [1.54, 1.807) is 0 Å². The molecule has 2 aromatic carbocycles. The molecular weight excluding hydrogens is 334 g/mol. The van der Waals surface area contributed by atoms with E-state index in [9.17, 15) is 0 Å². The van der Waals surface area contributed by atoms with Crippen LogP contribution in [-0.4, -0.2) is 4.99 Å². The lowest BCUT2D eigenvalue weighted by Crippen LogP contribution is -2.11. The highest BCUT2D eigenvalue weighted by molar-refractivity contribution is 9.10. The smallest absolute Gasteiger partial charge is 0.138 e. The van der Waals surface area contributed by atoms with Gasteiger partial charge < -0.3 is 10.5 Å². The second-order valence-electron chi connectivity index (χ2n) is 4.77. The molecule has 0 heterocycles. The summed E-state index contributed by atoms with van der Waals surface area (Å²) in [5.41, 5.74) is 7.67. The van der Waals surface area contributed by atoms with Gasteiger partial charge in [-0.1, -0.05) is 50.3 Å². The number of ether oxygens (including phenoxy) is 1. The minimum atomic E-state index is 0.314. The van der Waals surface area contributed by atoms with Crippen LogP contribution in [-0.2, 0) is 0 Å². The number of halogens is 1. The van der Waals surface area contributed by atoms with E-state index in [0.29, 0.717) is 16.7 Å². The first-order valence-electron chi connectivity index (χ1n) is 6.35. The Balaban J connectivity index is 2.46. The number of hydrogen-bond acceptors (Lipinski definition) is 2. The second kappa shape index (κ2) is 6.37. The summed E-state index contributed by atoms with van der Waals surface area (Å²) in [6.07, 6.45) is 0. The number of benzene rings is 2. The van der Waals surface area contributed by atoms with E-state index >= 15 is 0 Å². The van der Waals surface area contributed by atoms with Crippen molar-refractivity contribution in [1.29, 1.82) is 0 Å². The summed E-state index contributed by atoms with van der Waals surface area (Å²) < 4.78 is 6.88. The number of hydrogen-bond donors (Lipinski definition) is 1. The molecule has 2 nitrogen and oxygen atoms in total. The molecule has 20 heavy (non-hydrogen) atoms. The average Bonchev–Trinajstić information content (AvgIpc) is 2.38. The molecular formula is C16H16BrNOS. The summed E-state index contributed by atoms with van der Waals surface area (Å²) in [6, 6.07) is 13.7. The maximum Gasteiger partial charge on any atom is 0.138 e. The Hall–Kier alpha value is -1.39. The summed E-state index contributed by atoms with van der Waals surface area (Å²) in [7, 11) is 0. The highest BCUT2D eigenvalue weighted by Gasteiger charge is 2.14. The molecule has 0 saturated heterocycles. The molecule has 0 aromatic heterocycles. The standard InChI is InChI=1S/C16H16BrNOS/c1-10(2)11-6-3-4-8-13(11)19-14-9-5-7-12(17)15(14)16(18)20/h3-10H,1-2H3,(H2,18,20). The van der Waals surface area contributed by atoms with Crippen LogP contribution in [0.1, 0.15) is 30.9 Å². The fourth-order valence-electron chi connectivity index (χ4n) is 2.00. The summed E-state index contributed by atoms with van der Waals surface area (Å²) >= 11 is 8.57. The van der Waals surface area contributed by atoms with Crippen molar-refractivity contribution in [2.75, 3.05) is 0 Å². The first-order chi connectivity index (χ1) is 9.50. The molecule has 0 bridgehead atoms. The molecule has 2 N–H and O–H groups in total. The molecule has 0 fully saturated rings. The van der Waals surface area contributed by atoms with Gasteiger partial charge in [-0.25, -0.2) is 0 Å². The summed E-state index contributed by atoms with van der Waals surface area (Å²) in [5.74, 6) is 1.88. The van der Waals surface area contributed by atoms with Gasteiger partial charge in [0.1, 0.15) is 16.5 Å². The van der Waals surface area contributed by atoms with Crippen LogP contribution in [0.3, 0.4) is 0 Å². The Morgan fingerprint density at radius 2 is 1.75 bits per heavy atom. The van der Waals surface area contributed by atoms with Crippen molar-refractivity contribution in [1.82, 2.24) is 0 Å². The first-order valence-corrected chi connectivity index (χ1v) is 7.56. The van der Waals surface area contributed by atoms with Gasteiger partial charge >= 0.3 is 0 Å². The van der Waals surface area contributed by atoms with Crippen LogP contribution < -0.4 is 10.5 Å². The van der Waals surface area contributed by atoms with Crippen molar-refractivity contribution >= 4 is 33.1 Å². The Morgan fingerprint density at radius 3 is 2.40 bits per heavy atom. The van der Waals surface area contributed by atoms with E-state index in [4.69, 9.17) is 22.7 Å². The molecule has 0 atom stereocenters. The zero-order valence-corrected chi connectivity index (χ0v) is 13.8. The minimum absolute atomic E-state index is 0.314. The van der Waals surface area contributed by atoms with Crippen molar-refractivity contribution in [3.05, 3.63) is 58.1 Å². The molecule has 2 aromatic rings. The lowest BCUT2D eigenvalue weighted by atomic mass is 10.0. The number of para-hydroxylation sites is 1. The summed E-state index contributed by atoms with van der Waals surface area (Å²) in [6.45, 7) is 4.27. The Labute approximate surface area is 133 Å². The van der Waals surface area contributed by atoms with E-state index in [2.05, 4.69) is 35.8 Å². The quantitative estimate of drug-likeness (QED) is 0.788. The third-order valence-electron chi connectivity index (χ3n) is 2.98. The van der Waals surface area contributed by atoms with Crippen LogP contribution in [0.25, 0.3) is 0 Å². The van der Waals surface area contributed by atoms with E-state index in [1.807, 2.05) is 36.4 Å². The predicted molar refractivity (Wildman–Crippen MR) is 90.6 cm³/mol. The molecule has 0 unspecified atom stereocenters. The zero-order valence-electron chi connectivity index (χ0n) is 11.4. The third kappa shape index (κ3) is 3.19. The minimum Gasteiger partial charge on any atom is -0.456 e. The van der Waals surface area contributed by atoms with Crippen LogP contribution >= 0.6 is 28.1 Å². The molecule has 0 aliphatic heterocycles. The van der Waals surface area contributed by atoms with Crippen molar-refractivity contribution < 1.29 is 4.74 Å². The van der Waals surface area contributed by atoms with Crippen LogP contribution in [0.15, 0.2) is 46.9 Å². The lowest BCUT2D eigenvalue weighted by molar-refractivity contribution is 0.472. The van der Waals surface area contributed by atoms with Crippen LogP contribution in [0.4, 0.5) is 0 Å². The molecule has 0 amide bonds. The van der Waals surface area contributed by atoms with Crippen molar-refractivity contribution in [3.63, 3.8) is 0 Å². The number of thiocarbonyl (C=S) groups is 1. The van der Waals surface area contributed by atoms with Gasteiger partial charge in [0.15, 0.2) is 0 Å². The Morgan fingerprint density at radius 1 is 1.10 bits per heavy atom. The third-order valence-corrected chi connectivity index (χ3v) is 3.85. The molecule has 2 rings (SSSR count). The lowest BCUT2D eigenvalue weighted by Gasteiger charge is -2.16. The van der Waals surface area contributed by atoms with E-state index < -0.39 is 0 Å². The summed E-state index contributed by atoms with van der Waals surface area (Å²) in [5, 5.41) is 0. The topological polar surface area (TPSA) is 35.2 Å². The Kier molecular flexibility index (Phi) is 4.78. The molecule has 4 heteroatoms. The average molecular weight is 350 g/mol. The van der Waals surface area contributed by atoms with Gasteiger partial charge in [0.05, 0.1) is 5.56 Å². The number of nitrogens with two attached hydrogens (primary N) is 1. The van der Waals surface area contributed by atoms with Crippen LogP contribution in [0.2, 0.25) is 0 Å². The normalized spacial score (nSPS) is 10.6. The van der Waals surface area contributed by atoms with Gasteiger partial charge in [-0.2, -0.15) is 0 Å².